The van der Waals surface area contributed by atoms with Gasteiger partial charge in [-0.15, -0.1) is 11.3 Å². The predicted octanol–water partition coefficient (Wildman–Crippen LogP) is 1.38. The van der Waals surface area contributed by atoms with Gasteiger partial charge in [-0.05, 0) is 17.9 Å². The third kappa shape index (κ3) is 3.04. The first-order chi connectivity index (χ1) is 8.01. The van der Waals surface area contributed by atoms with Gasteiger partial charge < -0.3 is 15.8 Å². The first kappa shape index (κ1) is 13.7. The number of rotatable bonds is 4. The summed E-state index contributed by atoms with van der Waals surface area (Å²) in [5, 5.41) is 4.52. The number of aryl methyl sites for hydroxylation is 1. The van der Waals surface area contributed by atoms with E-state index in [-0.39, 0.29) is 18.4 Å². The lowest BCUT2D eigenvalue weighted by molar-refractivity contribution is -0.119. The summed E-state index contributed by atoms with van der Waals surface area (Å²) in [4.78, 5) is 23.6. The van der Waals surface area contributed by atoms with Gasteiger partial charge in [0.1, 0.15) is 4.88 Å². The van der Waals surface area contributed by atoms with Gasteiger partial charge in [-0.25, -0.2) is 4.79 Å². The summed E-state index contributed by atoms with van der Waals surface area (Å²) in [6, 6.07) is 0. The van der Waals surface area contributed by atoms with Crippen LogP contribution < -0.4 is 11.1 Å². The van der Waals surface area contributed by atoms with Crippen LogP contribution in [0, 0.1) is 12.8 Å². The van der Waals surface area contributed by atoms with Crippen molar-refractivity contribution in [2.24, 2.45) is 11.7 Å². The van der Waals surface area contributed by atoms with Gasteiger partial charge in [0.15, 0.2) is 0 Å². The highest BCUT2D eigenvalue weighted by Crippen LogP contribution is 2.28. The zero-order valence-electron chi connectivity index (χ0n) is 10.1. The molecule has 1 atom stereocenters. The summed E-state index contributed by atoms with van der Waals surface area (Å²) in [6.45, 7) is 3.82. The molecular formula is C11H16N2O3S. The SMILES string of the molecule is COC(=O)c1scc(C)c1NC(=O)C(C)CN. The molecule has 0 saturated heterocycles. The number of nitrogens with one attached hydrogen (secondary N) is 1. The molecule has 1 heterocycles. The van der Waals surface area contributed by atoms with Crippen molar-refractivity contribution in [3.63, 3.8) is 0 Å². The van der Waals surface area contributed by atoms with Crippen LogP contribution in [0.25, 0.3) is 0 Å². The number of carbonyl (C=O) groups excluding carboxylic acids is 2. The molecule has 1 aromatic rings. The second-order valence-electron chi connectivity index (χ2n) is 3.74. The van der Waals surface area contributed by atoms with Gasteiger partial charge in [0.05, 0.1) is 12.8 Å². The van der Waals surface area contributed by atoms with Crippen molar-refractivity contribution in [3.05, 3.63) is 15.8 Å². The molecule has 3 N–H and O–H groups in total. The van der Waals surface area contributed by atoms with E-state index in [1.807, 2.05) is 6.92 Å². The normalized spacial score (nSPS) is 12.0. The maximum absolute atomic E-state index is 11.7. The molecule has 0 aromatic carbocycles. The van der Waals surface area contributed by atoms with Crippen LogP contribution in [0.5, 0.6) is 0 Å². The van der Waals surface area contributed by atoms with E-state index in [9.17, 15) is 9.59 Å². The second-order valence-corrected chi connectivity index (χ2v) is 4.62. The number of nitrogens with two attached hydrogens (primary N) is 1. The molecule has 0 aliphatic rings. The molecule has 1 rings (SSSR count). The van der Waals surface area contributed by atoms with Crippen LogP contribution in [-0.2, 0) is 9.53 Å². The first-order valence-corrected chi connectivity index (χ1v) is 6.06. The number of carbonyl (C=O) groups is 2. The van der Waals surface area contributed by atoms with E-state index in [4.69, 9.17) is 5.73 Å². The summed E-state index contributed by atoms with van der Waals surface area (Å²) < 4.78 is 4.65. The number of amides is 1. The molecule has 0 aliphatic carbocycles. The van der Waals surface area contributed by atoms with Gasteiger partial charge in [0.25, 0.3) is 0 Å². The summed E-state index contributed by atoms with van der Waals surface area (Å²) in [6.07, 6.45) is 0. The quantitative estimate of drug-likeness (QED) is 0.797. The minimum absolute atomic E-state index is 0.195. The molecule has 1 amide bonds. The van der Waals surface area contributed by atoms with Gasteiger partial charge in [-0.3, -0.25) is 4.79 Å². The van der Waals surface area contributed by atoms with E-state index in [0.717, 1.165) is 5.56 Å². The van der Waals surface area contributed by atoms with Gasteiger partial charge in [0, 0.05) is 12.5 Å². The monoisotopic (exact) mass is 256 g/mol. The highest BCUT2D eigenvalue weighted by atomic mass is 32.1. The van der Waals surface area contributed by atoms with Crippen molar-refractivity contribution in [3.8, 4) is 0 Å². The van der Waals surface area contributed by atoms with Crippen LogP contribution in [0.3, 0.4) is 0 Å². The average Bonchev–Trinajstić information content (AvgIpc) is 2.69. The number of thiophene rings is 1. The summed E-state index contributed by atoms with van der Waals surface area (Å²) in [5.41, 5.74) is 6.78. The van der Waals surface area contributed by atoms with Crippen LogP contribution in [-0.4, -0.2) is 25.5 Å². The third-order valence-corrected chi connectivity index (χ3v) is 3.47. The number of hydrogen-bond donors (Lipinski definition) is 2. The Kier molecular flexibility index (Phi) is 4.65. The van der Waals surface area contributed by atoms with Crippen molar-refractivity contribution >= 4 is 28.9 Å². The maximum atomic E-state index is 11.7. The molecule has 5 nitrogen and oxygen atoms in total. The van der Waals surface area contributed by atoms with Gasteiger partial charge in [-0.1, -0.05) is 6.92 Å². The number of anilines is 1. The lowest BCUT2D eigenvalue weighted by Crippen LogP contribution is -2.27. The lowest BCUT2D eigenvalue weighted by Gasteiger charge is -2.11. The van der Waals surface area contributed by atoms with Crippen LogP contribution in [0.2, 0.25) is 0 Å². The van der Waals surface area contributed by atoms with E-state index in [0.29, 0.717) is 10.6 Å². The molecule has 0 spiro atoms. The number of hydrogen-bond acceptors (Lipinski definition) is 5. The van der Waals surface area contributed by atoms with E-state index < -0.39 is 5.97 Å². The highest BCUT2D eigenvalue weighted by Gasteiger charge is 2.20. The van der Waals surface area contributed by atoms with E-state index in [1.165, 1.54) is 18.4 Å². The summed E-state index contributed by atoms with van der Waals surface area (Å²) in [7, 11) is 1.31. The molecule has 0 bridgehead atoms. The van der Waals surface area contributed by atoms with Crippen LogP contribution in [0.15, 0.2) is 5.38 Å². The summed E-state index contributed by atoms with van der Waals surface area (Å²) >= 11 is 1.25. The highest BCUT2D eigenvalue weighted by molar-refractivity contribution is 7.12. The van der Waals surface area contributed by atoms with Crippen molar-refractivity contribution < 1.29 is 14.3 Å². The van der Waals surface area contributed by atoms with E-state index >= 15 is 0 Å². The molecule has 0 radical (unpaired) electrons. The standard InChI is InChI=1S/C11H16N2O3S/c1-6(4-12)10(14)13-8-7(2)5-17-9(8)11(15)16-3/h5-6H,4,12H2,1-3H3,(H,13,14). The Morgan fingerprint density at radius 3 is 2.76 bits per heavy atom. The van der Waals surface area contributed by atoms with Gasteiger partial charge in [-0.2, -0.15) is 0 Å². The van der Waals surface area contributed by atoms with Crippen molar-refractivity contribution in [2.45, 2.75) is 13.8 Å². The predicted molar refractivity (Wildman–Crippen MR) is 67.2 cm³/mol. The Bertz CT molecular complexity index is 428. The minimum Gasteiger partial charge on any atom is -0.465 e. The largest absolute Gasteiger partial charge is 0.465 e. The Labute approximate surface area is 104 Å². The maximum Gasteiger partial charge on any atom is 0.350 e. The Morgan fingerprint density at radius 2 is 2.24 bits per heavy atom. The molecule has 1 aromatic heterocycles. The molecule has 94 valence electrons. The zero-order valence-corrected chi connectivity index (χ0v) is 10.9. The Hall–Kier alpha value is -1.40. The molecule has 17 heavy (non-hydrogen) atoms. The minimum atomic E-state index is -0.446. The first-order valence-electron chi connectivity index (χ1n) is 5.18. The van der Waals surface area contributed by atoms with Crippen molar-refractivity contribution in [1.82, 2.24) is 0 Å². The van der Waals surface area contributed by atoms with Crippen LogP contribution in [0.1, 0.15) is 22.2 Å². The summed E-state index contributed by atoms with van der Waals surface area (Å²) in [5.74, 6) is -0.933. The van der Waals surface area contributed by atoms with Crippen molar-refractivity contribution in [1.29, 1.82) is 0 Å². The average molecular weight is 256 g/mol. The smallest absolute Gasteiger partial charge is 0.350 e. The van der Waals surface area contributed by atoms with E-state index in [2.05, 4.69) is 10.1 Å². The molecule has 6 heteroatoms. The molecule has 0 fully saturated rings. The molecular weight excluding hydrogens is 240 g/mol. The van der Waals surface area contributed by atoms with Crippen LogP contribution in [0.4, 0.5) is 5.69 Å². The fourth-order valence-corrected chi connectivity index (χ4v) is 2.12. The number of methoxy groups -OCH3 is 1. The zero-order chi connectivity index (χ0) is 13.0. The number of ether oxygens (including phenoxy) is 1. The third-order valence-electron chi connectivity index (χ3n) is 2.40. The number of esters is 1. The molecule has 0 saturated carbocycles. The Morgan fingerprint density at radius 1 is 1.59 bits per heavy atom. The Balaban J connectivity index is 2.94. The topological polar surface area (TPSA) is 81.4 Å². The fourth-order valence-electron chi connectivity index (χ4n) is 1.20. The lowest BCUT2D eigenvalue weighted by atomic mass is 10.1. The van der Waals surface area contributed by atoms with Crippen molar-refractivity contribution in [2.75, 3.05) is 19.0 Å². The molecule has 1 unspecified atom stereocenters. The second kappa shape index (κ2) is 5.79. The van der Waals surface area contributed by atoms with Gasteiger partial charge >= 0.3 is 5.97 Å². The van der Waals surface area contributed by atoms with Crippen LogP contribution >= 0.6 is 11.3 Å². The fraction of sp³-hybridized carbons (Fsp3) is 0.455. The molecule has 0 aliphatic heterocycles. The van der Waals surface area contributed by atoms with Gasteiger partial charge in [0.2, 0.25) is 5.91 Å². The van der Waals surface area contributed by atoms with E-state index in [1.54, 1.807) is 12.3 Å².